The van der Waals surface area contributed by atoms with Crippen molar-refractivity contribution in [1.29, 1.82) is 0 Å². The summed E-state index contributed by atoms with van der Waals surface area (Å²) in [5.41, 5.74) is 8.04. The molecule has 2 atom stereocenters. The third kappa shape index (κ3) is 4.12. The molecule has 112 valence electrons. The van der Waals surface area contributed by atoms with E-state index in [4.69, 9.17) is 5.73 Å². The molecule has 21 heavy (non-hydrogen) atoms. The van der Waals surface area contributed by atoms with Crippen LogP contribution in [-0.4, -0.2) is 16.9 Å². The van der Waals surface area contributed by atoms with Gasteiger partial charge in [0.15, 0.2) is 0 Å². The lowest BCUT2D eigenvalue weighted by atomic mass is 10.1. The maximum Gasteiger partial charge on any atom is 0.237 e. The Bertz CT molecular complexity index is 609. The minimum Gasteiger partial charge on any atom is -0.347 e. The van der Waals surface area contributed by atoms with Crippen LogP contribution in [0, 0.1) is 13.8 Å². The quantitative estimate of drug-likeness (QED) is 0.892. The first-order valence-electron chi connectivity index (χ1n) is 7.01. The Morgan fingerprint density at radius 2 is 2.00 bits per heavy atom. The SMILES string of the molecule is Cc1nc(C)c(C(C)NC(=O)[C@H](N)Cc2ccccc2)s1. The normalized spacial score (nSPS) is 13.7. The van der Waals surface area contributed by atoms with Crippen molar-refractivity contribution in [1.82, 2.24) is 10.3 Å². The number of amides is 1. The number of carbonyl (C=O) groups is 1. The molecule has 0 fully saturated rings. The first-order valence-corrected chi connectivity index (χ1v) is 7.83. The van der Waals surface area contributed by atoms with Crippen molar-refractivity contribution in [2.75, 3.05) is 0 Å². The second-order valence-corrected chi connectivity index (χ2v) is 6.44. The van der Waals surface area contributed by atoms with E-state index >= 15 is 0 Å². The van der Waals surface area contributed by atoms with Gasteiger partial charge in [0.05, 0.1) is 22.8 Å². The van der Waals surface area contributed by atoms with Crippen molar-refractivity contribution in [3.8, 4) is 0 Å². The zero-order valence-electron chi connectivity index (χ0n) is 12.6. The van der Waals surface area contributed by atoms with Crippen LogP contribution < -0.4 is 11.1 Å². The van der Waals surface area contributed by atoms with Gasteiger partial charge >= 0.3 is 0 Å². The van der Waals surface area contributed by atoms with Gasteiger partial charge in [-0.2, -0.15) is 0 Å². The Hall–Kier alpha value is -1.72. The van der Waals surface area contributed by atoms with Crippen LogP contribution in [0.25, 0.3) is 0 Å². The average molecular weight is 303 g/mol. The molecule has 0 aliphatic rings. The molecule has 5 heteroatoms. The van der Waals surface area contributed by atoms with Crippen LogP contribution in [0.3, 0.4) is 0 Å². The second-order valence-electron chi connectivity index (χ2n) is 5.21. The minimum absolute atomic E-state index is 0.0643. The van der Waals surface area contributed by atoms with E-state index < -0.39 is 6.04 Å². The van der Waals surface area contributed by atoms with Crippen LogP contribution in [0.2, 0.25) is 0 Å². The molecule has 2 rings (SSSR count). The largest absolute Gasteiger partial charge is 0.347 e. The van der Waals surface area contributed by atoms with Gasteiger partial charge < -0.3 is 11.1 Å². The molecule has 3 N–H and O–H groups in total. The number of nitrogens with two attached hydrogens (primary N) is 1. The van der Waals surface area contributed by atoms with E-state index in [2.05, 4.69) is 10.3 Å². The first kappa shape index (κ1) is 15.7. The van der Waals surface area contributed by atoms with Crippen LogP contribution in [0.1, 0.15) is 34.1 Å². The first-order chi connectivity index (χ1) is 9.97. The summed E-state index contributed by atoms with van der Waals surface area (Å²) in [6.07, 6.45) is 0.542. The summed E-state index contributed by atoms with van der Waals surface area (Å²) in [6.45, 7) is 5.90. The fourth-order valence-electron chi connectivity index (χ4n) is 2.30. The van der Waals surface area contributed by atoms with Gasteiger partial charge in [-0.05, 0) is 32.8 Å². The molecule has 0 aliphatic heterocycles. The number of carbonyl (C=O) groups excluding carboxylic acids is 1. The maximum atomic E-state index is 12.2. The molecule has 0 saturated carbocycles. The van der Waals surface area contributed by atoms with Gasteiger partial charge in [-0.15, -0.1) is 11.3 Å². The van der Waals surface area contributed by atoms with Gasteiger partial charge in [-0.25, -0.2) is 4.98 Å². The number of nitrogens with one attached hydrogen (secondary N) is 1. The average Bonchev–Trinajstić information content (AvgIpc) is 2.78. The topological polar surface area (TPSA) is 68.0 Å². The highest BCUT2D eigenvalue weighted by atomic mass is 32.1. The van der Waals surface area contributed by atoms with E-state index in [1.54, 1.807) is 11.3 Å². The number of rotatable bonds is 5. The number of benzene rings is 1. The Morgan fingerprint density at radius 3 is 2.57 bits per heavy atom. The molecule has 1 heterocycles. The summed E-state index contributed by atoms with van der Waals surface area (Å²) in [5, 5.41) is 3.99. The van der Waals surface area contributed by atoms with E-state index in [0.717, 1.165) is 21.1 Å². The van der Waals surface area contributed by atoms with Crippen molar-refractivity contribution in [3.63, 3.8) is 0 Å². The number of aromatic nitrogens is 1. The molecule has 1 amide bonds. The molecule has 0 spiro atoms. The summed E-state index contributed by atoms with van der Waals surface area (Å²) in [5.74, 6) is -0.128. The predicted molar refractivity (Wildman–Crippen MR) is 86.3 cm³/mol. The summed E-state index contributed by atoms with van der Waals surface area (Å²) in [6, 6.07) is 9.21. The van der Waals surface area contributed by atoms with Gasteiger partial charge in [0.25, 0.3) is 0 Å². The molecular formula is C16H21N3OS. The molecule has 0 saturated heterocycles. The number of thiazole rings is 1. The van der Waals surface area contributed by atoms with Gasteiger partial charge in [0.1, 0.15) is 0 Å². The predicted octanol–water partition coefficient (Wildman–Crippen LogP) is 2.51. The van der Waals surface area contributed by atoms with Crippen LogP contribution >= 0.6 is 11.3 Å². The standard InChI is InChI=1S/C16H21N3OS/c1-10-15(21-12(3)18-10)11(2)19-16(20)14(17)9-13-7-5-4-6-8-13/h4-8,11,14H,9,17H2,1-3H3,(H,19,20)/t11?,14-/m1/s1. The number of hydrogen-bond acceptors (Lipinski definition) is 4. The summed E-state index contributed by atoms with van der Waals surface area (Å²) in [4.78, 5) is 17.7. The Labute approximate surface area is 129 Å². The zero-order valence-corrected chi connectivity index (χ0v) is 13.4. The van der Waals surface area contributed by atoms with Crippen molar-refractivity contribution in [2.24, 2.45) is 5.73 Å². The Balaban J connectivity index is 1.96. The van der Waals surface area contributed by atoms with Crippen molar-refractivity contribution in [3.05, 3.63) is 51.5 Å². The second kappa shape index (κ2) is 6.83. The summed E-state index contributed by atoms with van der Waals surface area (Å²) >= 11 is 1.61. The number of aryl methyl sites for hydroxylation is 2. The minimum atomic E-state index is -0.538. The highest BCUT2D eigenvalue weighted by Crippen LogP contribution is 2.24. The molecule has 2 aromatic rings. The molecule has 1 unspecified atom stereocenters. The van der Waals surface area contributed by atoms with Crippen molar-refractivity contribution in [2.45, 2.75) is 39.3 Å². The van der Waals surface area contributed by atoms with E-state index in [-0.39, 0.29) is 11.9 Å². The Kier molecular flexibility index (Phi) is 5.09. The highest BCUT2D eigenvalue weighted by Gasteiger charge is 2.19. The molecule has 0 aliphatic carbocycles. The number of hydrogen-bond donors (Lipinski definition) is 2. The van der Waals surface area contributed by atoms with Crippen LogP contribution in [0.15, 0.2) is 30.3 Å². The summed E-state index contributed by atoms with van der Waals surface area (Å²) < 4.78 is 0. The molecule has 4 nitrogen and oxygen atoms in total. The van der Waals surface area contributed by atoms with Gasteiger partial charge in [-0.1, -0.05) is 30.3 Å². The fourth-order valence-corrected chi connectivity index (χ4v) is 3.23. The third-order valence-corrected chi connectivity index (χ3v) is 4.58. The highest BCUT2D eigenvalue weighted by molar-refractivity contribution is 7.11. The van der Waals surface area contributed by atoms with Crippen LogP contribution in [0.5, 0.6) is 0 Å². The fraction of sp³-hybridized carbons (Fsp3) is 0.375. The Morgan fingerprint density at radius 1 is 1.33 bits per heavy atom. The van der Waals surface area contributed by atoms with Crippen LogP contribution in [-0.2, 0) is 11.2 Å². The van der Waals surface area contributed by atoms with E-state index in [9.17, 15) is 4.79 Å². The lowest BCUT2D eigenvalue weighted by molar-refractivity contribution is -0.122. The molecule has 1 aromatic heterocycles. The number of nitrogens with zero attached hydrogens (tertiary/aromatic N) is 1. The smallest absolute Gasteiger partial charge is 0.237 e. The van der Waals surface area contributed by atoms with Crippen molar-refractivity contribution < 1.29 is 4.79 Å². The van der Waals surface area contributed by atoms with Gasteiger partial charge in [0.2, 0.25) is 5.91 Å². The van der Waals surface area contributed by atoms with E-state index in [0.29, 0.717) is 6.42 Å². The van der Waals surface area contributed by atoms with Gasteiger partial charge in [-0.3, -0.25) is 4.79 Å². The van der Waals surface area contributed by atoms with Gasteiger partial charge in [0, 0.05) is 4.88 Å². The zero-order chi connectivity index (χ0) is 15.4. The molecular weight excluding hydrogens is 282 g/mol. The molecule has 1 aromatic carbocycles. The van der Waals surface area contributed by atoms with Crippen molar-refractivity contribution >= 4 is 17.2 Å². The lowest BCUT2D eigenvalue weighted by Crippen LogP contribution is -2.42. The summed E-state index contributed by atoms with van der Waals surface area (Å²) in [7, 11) is 0. The third-order valence-electron chi connectivity index (χ3n) is 3.33. The molecule has 0 radical (unpaired) electrons. The lowest BCUT2D eigenvalue weighted by Gasteiger charge is -2.17. The molecule has 0 bridgehead atoms. The maximum absolute atomic E-state index is 12.2. The van der Waals surface area contributed by atoms with E-state index in [1.165, 1.54) is 0 Å². The van der Waals surface area contributed by atoms with Crippen LogP contribution in [0.4, 0.5) is 0 Å². The van der Waals surface area contributed by atoms with E-state index in [1.807, 2.05) is 51.1 Å². The monoisotopic (exact) mass is 303 g/mol.